The van der Waals surface area contributed by atoms with Crippen LogP contribution in [0.3, 0.4) is 0 Å². The maximum atomic E-state index is 5.85. The van der Waals surface area contributed by atoms with Gasteiger partial charge in [0.1, 0.15) is 16.7 Å². The molecule has 0 aliphatic rings. The first-order valence-electron chi connectivity index (χ1n) is 5.85. The normalized spacial score (nSPS) is 12.3. The van der Waals surface area contributed by atoms with Gasteiger partial charge in [-0.1, -0.05) is 11.6 Å². The van der Waals surface area contributed by atoms with Gasteiger partial charge in [-0.15, -0.1) is 0 Å². The second-order valence-corrected chi connectivity index (χ2v) is 4.66. The number of hydrogen-bond acceptors (Lipinski definition) is 4. The molecule has 0 aliphatic heterocycles. The molecular formula is C13H16ClN3O. The van der Waals surface area contributed by atoms with Crippen molar-refractivity contribution in [2.45, 2.75) is 25.8 Å². The largest absolute Gasteiger partial charge is 0.469 e. The number of nitrogens with one attached hydrogen (secondary N) is 1. The summed E-state index contributed by atoms with van der Waals surface area (Å²) in [6, 6.07) is 7.53. The van der Waals surface area contributed by atoms with Gasteiger partial charge >= 0.3 is 0 Å². The smallest absolute Gasteiger partial charge is 0.133 e. The van der Waals surface area contributed by atoms with E-state index in [0.29, 0.717) is 16.7 Å². The topological polar surface area (TPSA) is 64.1 Å². The Hall–Kier alpha value is -1.68. The van der Waals surface area contributed by atoms with Gasteiger partial charge in [0.2, 0.25) is 0 Å². The quantitative estimate of drug-likeness (QED) is 0.814. The molecule has 3 N–H and O–H groups in total. The van der Waals surface area contributed by atoms with Crippen LogP contribution in [0.25, 0.3) is 0 Å². The van der Waals surface area contributed by atoms with Gasteiger partial charge in [-0.25, -0.2) is 4.98 Å². The van der Waals surface area contributed by atoms with Gasteiger partial charge < -0.3 is 15.5 Å². The minimum atomic E-state index is 0.264. The fourth-order valence-electron chi connectivity index (χ4n) is 1.73. The Bertz CT molecular complexity index is 479. The van der Waals surface area contributed by atoms with E-state index >= 15 is 0 Å². The van der Waals surface area contributed by atoms with Gasteiger partial charge in [0.15, 0.2) is 0 Å². The van der Waals surface area contributed by atoms with E-state index in [1.54, 1.807) is 18.4 Å². The predicted octanol–water partition coefficient (Wildman–Crippen LogP) is 3.34. The lowest BCUT2D eigenvalue weighted by atomic mass is 10.1. The highest BCUT2D eigenvalue weighted by atomic mass is 35.5. The molecule has 0 saturated carbocycles. The molecule has 0 amide bonds. The van der Waals surface area contributed by atoms with Crippen LogP contribution in [-0.2, 0) is 6.42 Å². The van der Waals surface area contributed by atoms with Crippen molar-refractivity contribution in [3.63, 3.8) is 0 Å². The molecule has 0 spiro atoms. The minimum Gasteiger partial charge on any atom is -0.469 e. The molecule has 2 aromatic rings. The zero-order valence-corrected chi connectivity index (χ0v) is 10.9. The average Bonchev–Trinajstić information content (AvgIpc) is 2.77. The Morgan fingerprint density at radius 3 is 3.00 bits per heavy atom. The Kier molecular flexibility index (Phi) is 4.10. The van der Waals surface area contributed by atoms with Gasteiger partial charge in [0.05, 0.1) is 6.26 Å². The number of halogens is 1. The van der Waals surface area contributed by atoms with Gasteiger partial charge in [0.25, 0.3) is 0 Å². The van der Waals surface area contributed by atoms with Gasteiger partial charge in [0, 0.05) is 24.2 Å². The van der Waals surface area contributed by atoms with Crippen LogP contribution in [-0.4, -0.2) is 11.0 Å². The van der Waals surface area contributed by atoms with Gasteiger partial charge in [-0.2, -0.15) is 0 Å². The Labute approximate surface area is 111 Å². The van der Waals surface area contributed by atoms with Crippen molar-refractivity contribution in [3.8, 4) is 0 Å². The second-order valence-electron chi connectivity index (χ2n) is 4.27. The van der Waals surface area contributed by atoms with Crippen LogP contribution >= 0.6 is 11.6 Å². The van der Waals surface area contributed by atoms with E-state index in [1.165, 1.54) is 0 Å². The van der Waals surface area contributed by atoms with E-state index in [1.807, 2.05) is 12.1 Å². The molecule has 2 rings (SSSR count). The molecule has 1 unspecified atom stereocenters. The van der Waals surface area contributed by atoms with Crippen LogP contribution in [0.5, 0.6) is 0 Å². The fourth-order valence-corrected chi connectivity index (χ4v) is 1.95. The Balaban J connectivity index is 1.88. The molecule has 5 heteroatoms. The third-order valence-corrected chi connectivity index (χ3v) is 2.81. The third-order valence-electron chi connectivity index (χ3n) is 2.61. The number of aryl methyl sites for hydroxylation is 1. The van der Waals surface area contributed by atoms with Crippen LogP contribution in [0.2, 0.25) is 5.15 Å². The van der Waals surface area contributed by atoms with Gasteiger partial charge in [-0.3, -0.25) is 0 Å². The maximum Gasteiger partial charge on any atom is 0.133 e. The number of anilines is 2. The summed E-state index contributed by atoms with van der Waals surface area (Å²) in [6.07, 6.45) is 3.52. The first kappa shape index (κ1) is 12.8. The maximum absolute atomic E-state index is 5.85. The summed E-state index contributed by atoms with van der Waals surface area (Å²) < 4.78 is 5.29. The molecule has 0 aromatic carbocycles. The van der Waals surface area contributed by atoms with Crippen molar-refractivity contribution in [1.29, 1.82) is 0 Å². The zero-order valence-electron chi connectivity index (χ0n) is 10.2. The van der Waals surface area contributed by atoms with Crippen LogP contribution in [0.15, 0.2) is 34.9 Å². The summed E-state index contributed by atoms with van der Waals surface area (Å²) in [5.74, 6) is 1.69. The predicted molar refractivity (Wildman–Crippen MR) is 73.8 cm³/mol. The Morgan fingerprint density at radius 2 is 2.33 bits per heavy atom. The lowest BCUT2D eigenvalue weighted by Gasteiger charge is -2.14. The first-order valence-corrected chi connectivity index (χ1v) is 6.23. The monoisotopic (exact) mass is 265 g/mol. The summed E-state index contributed by atoms with van der Waals surface area (Å²) in [5, 5.41) is 3.67. The number of aromatic nitrogens is 1. The van der Waals surface area contributed by atoms with Gasteiger partial charge in [-0.05, 0) is 31.5 Å². The van der Waals surface area contributed by atoms with Crippen molar-refractivity contribution in [2.75, 3.05) is 11.1 Å². The van der Waals surface area contributed by atoms with Crippen LogP contribution in [0.1, 0.15) is 19.1 Å². The van der Waals surface area contributed by atoms with E-state index in [0.717, 1.165) is 18.6 Å². The van der Waals surface area contributed by atoms with E-state index in [-0.39, 0.29) is 6.04 Å². The highest BCUT2D eigenvalue weighted by Crippen LogP contribution is 2.17. The summed E-state index contributed by atoms with van der Waals surface area (Å²) >= 11 is 5.85. The number of nitrogens with zero attached hydrogens (tertiary/aromatic N) is 1. The number of nitrogen functional groups attached to an aromatic ring is 1. The number of nitrogens with two attached hydrogens (primary N) is 1. The van der Waals surface area contributed by atoms with Crippen molar-refractivity contribution < 1.29 is 4.42 Å². The molecule has 2 aromatic heterocycles. The van der Waals surface area contributed by atoms with Crippen molar-refractivity contribution in [2.24, 2.45) is 0 Å². The van der Waals surface area contributed by atoms with E-state index in [9.17, 15) is 0 Å². The lowest BCUT2D eigenvalue weighted by molar-refractivity contribution is 0.495. The molecule has 4 nitrogen and oxygen atoms in total. The highest BCUT2D eigenvalue weighted by Gasteiger charge is 2.06. The Morgan fingerprint density at radius 1 is 1.50 bits per heavy atom. The molecule has 0 bridgehead atoms. The van der Waals surface area contributed by atoms with Crippen molar-refractivity contribution in [1.82, 2.24) is 4.98 Å². The minimum absolute atomic E-state index is 0.264. The SMILES string of the molecule is CC(CCc1ccco1)Nc1cc(N)cc(Cl)n1. The van der Waals surface area contributed by atoms with E-state index in [2.05, 4.69) is 17.2 Å². The number of hydrogen-bond donors (Lipinski definition) is 2. The molecule has 18 heavy (non-hydrogen) atoms. The van der Waals surface area contributed by atoms with Crippen molar-refractivity contribution in [3.05, 3.63) is 41.4 Å². The van der Waals surface area contributed by atoms with E-state index < -0.39 is 0 Å². The number of pyridine rings is 1. The number of furan rings is 1. The van der Waals surface area contributed by atoms with Crippen LogP contribution < -0.4 is 11.1 Å². The van der Waals surface area contributed by atoms with E-state index in [4.69, 9.17) is 21.8 Å². The lowest BCUT2D eigenvalue weighted by Crippen LogP contribution is -2.17. The fraction of sp³-hybridized carbons (Fsp3) is 0.308. The molecule has 0 radical (unpaired) electrons. The number of rotatable bonds is 5. The summed E-state index contributed by atoms with van der Waals surface area (Å²) in [7, 11) is 0. The summed E-state index contributed by atoms with van der Waals surface area (Å²) in [5.41, 5.74) is 6.31. The molecule has 1 atom stereocenters. The molecule has 0 fully saturated rings. The second kappa shape index (κ2) is 5.78. The standard InChI is InChI=1S/C13H16ClN3O/c1-9(4-5-11-3-2-6-18-11)16-13-8-10(15)7-12(14)17-13/h2-3,6-9H,4-5H2,1H3,(H3,15,16,17). The van der Waals surface area contributed by atoms with Crippen LogP contribution in [0, 0.1) is 0 Å². The summed E-state index contributed by atoms with van der Waals surface area (Å²) in [6.45, 7) is 2.09. The molecule has 96 valence electrons. The molecule has 0 aliphatic carbocycles. The summed E-state index contributed by atoms with van der Waals surface area (Å²) in [4.78, 5) is 4.17. The first-order chi connectivity index (χ1) is 8.63. The molecule has 0 saturated heterocycles. The average molecular weight is 266 g/mol. The molecule has 2 heterocycles. The molecular weight excluding hydrogens is 250 g/mol. The zero-order chi connectivity index (χ0) is 13.0. The van der Waals surface area contributed by atoms with Crippen molar-refractivity contribution >= 4 is 23.1 Å². The third kappa shape index (κ3) is 3.67. The van der Waals surface area contributed by atoms with Crippen LogP contribution in [0.4, 0.5) is 11.5 Å². The highest BCUT2D eigenvalue weighted by molar-refractivity contribution is 6.29.